The van der Waals surface area contributed by atoms with Crippen LogP contribution >= 0.6 is 11.3 Å². The number of hydrogen-bond donors (Lipinski definition) is 0. The van der Waals surface area contributed by atoms with Gasteiger partial charge in [-0.2, -0.15) is 0 Å². The standard InChI is InChI=1S/C21H28N2OS/c1-24-19-7-6-17-4-2-11-23(21(17)16-19)18-8-12-22(13-9-18)14-10-20-5-3-15-25-20/h3,5-7,15-16,18H,2,4,8-14H2,1H3. The number of hydrogen-bond acceptors (Lipinski definition) is 4. The van der Waals surface area contributed by atoms with E-state index >= 15 is 0 Å². The highest BCUT2D eigenvalue weighted by Crippen LogP contribution is 2.34. The van der Waals surface area contributed by atoms with Crippen LogP contribution < -0.4 is 9.64 Å². The molecule has 0 spiro atoms. The zero-order valence-electron chi connectivity index (χ0n) is 15.1. The van der Waals surface area contributed by atoms with Gasteiger partial charge in [-0.1, -0.05) is 12.1 Å². The highest BCUT2D eigenvalue weighted by molar-refractivity contribution is 7.09. The van der Waals surface area contributed by atoms with Crippen LogP contribution in [0.5, 0.6) is 5.75 Å². The Hall–Kier alpha value is -1.52. The molecule has 4 rings (SSSR count). The van der Waals surface area contributed by atoms with E-state index in [4.69, 9.17) is 4.74 Å². The van der Waals surface area contributed by atoms with Gasteiger partial charge in [0.1, 0.15) is 5.75 Å². The maximum absolute atomic E-state index is 5.47. The fourth-order valence-corrected chi connectivity index (χ4v) is 4.96. The van der Waals surface area contributed by atoms with Crippen LogP contribution in [0.2, 0.25) is 0 Å². The van der Waals surface area contributed by atoms with E-state index in [1.165, 1.54) is 74.4 Å². The Morgan fingerprint density at radius 1 is 1.16 bits per heavy atom. The Morgan fingerprint density at radius 2 is 2.04 bits per heavy atom. The number of thiophene rings is 1. The van der Waals surface area contributed by atoms with Crippen molar-refractivity contribution < 1.29 is 4.74 Å². The smallest absolute Gasteiger partial charge is 0.120 e. The molecule has 1 aromatic heterocycles. The average molecular weight is 357 g/mol. The molecule has 0 unspecified atom stereocenters. The molecule has 3 heterocycles. The molecule has 0 radical (unpaired) electrons. The lowest BCUT2D eigenvalue weighted by atomic mass is 9.95. The van der Waals surface area contributed by atoms with Crippen molar-refractivity contribution >= 4 is 17.0 Å². The van der Waals surface area contributed by atoms with Gasteiger partial charge in [-0.25, -0.2) is 0 Å². The van der Waals surface area contributed by atoms with Crippen LogP contribution in [0.25, 0.3) is 0 Å². The summed E-state index contributed by atoms with van der Waals surface area (Å²) in [7, 11) is 1.76. The lowest BCUT2D eigenvalue weighted by Gasteiger charge is -2.42. The second kappa shape index (κ2) is 7.79. The molecule has 0 aliphatic carbocycles. The van der Waals surface area contributed by atoms with Gasteiger partial charge in [0.05, 0.1) is 7.11 Å². The largest absolute Gasteiger partial charge is 0.497 e. The van der Waals surface area contributed by atoms with Crippen LogP contribution in [-0.2, 0) is 12.8 Å². The second-order valence-electron chi connectivity index (χ2n) is 7.19. The summed E-state index contributed by atoms with van der Waals surface area (Å²) in [5.74, 6) is 0.985. The topological polar surface area (TPSA) is 15.7 Å². The first kappa shape index (κ1) is 16.9. The maximum atomic E-state index is 5.47. The third kappa shape index (κ3) is 3.85. The SMILES string of the molecule is COc1ccc2c(c1)N(C1CCN(CCc3cccs3)CC1)CCC2. The summed E-state index contributed by atoms with van der Waals surface area (Å²) in [6.45, 7) is 4.86. The molecule has 1 aromatic carbocycles. The van der Waals surface area contributed by atoms with Gasteiger partial charge in [0.25, 0.3) is 0 Å². The molecule has 2 aromatic rings. The number of aryl methyl sites for hydroxylation is 1. The molecule has 134 valence electrons. The molecule has 0 saturated carbocycles. The highest BCUT2D eigenvalue weighted by atomic mass is 32.1. The molecule has 3 nitrogen and oxygen atoms in total. The van der Waals surface area contributed by atoms with E-state index in [1.807, 2.05) is 11.3 Å². The van der Waals surface area contributed by atoms with Crippen LogP contribution in [0.4, 0.5) is 5.69 Å². The third-order valence-electron chi connectivity index (χ3n) is 5.70. The fraction of sp³-hybridized carbons (Fsp3) is 0.524. The van der Waals surface area contributed by atoms with Gasteiger partial charge in [0, 0.05) is 48.9 Å². The van der Waals surface area contributed by atoms with Gasteiger partial charge in [0.15, 0.2) is 0 Å². The van der Waals surface area contributed by atoms with Crippen molar-refractivity contribution in [3.8, 4) is 5.75 Å². The van der Waals surface area contributed by atoms with Gasteiger partial charge >= 0.3 is 0 Å². The Bertz CT molecular complexity index is 677. The van der Waals surface area contributed by atoms with Crippen LogP contribution in [0.15, 0.2) is 35.7 Å². The normalized spacial score (nSPS) is 19.0. The molecule has 4 heteroatoms. The number of likely N-dealkylation sites (tertiary alicyclic amines) is 1. The summed E-state index contributed by atoms with van der Waals surface area (Å²) in [6, 6.07) is 11.7. The number of methoxy groups -OCH3 is 1. The fourth-order valence-electron chi connectivity index (χ4n) is 4.27. The number of benzene rings is 1. The minimum Gasteiger partial charge on any atom is -0.497 e. The first-order valence-electron chi connectivity index (χ1n) is 9.52. The number of rotatable bonds is 5. The third-order valence-corrected chi connectivity index (χ3v) is 6.64. The van der Waals surface area contributed by atoms with E-state index in [1.54, 1.807) is 7.11 Å². The number of nitrogens with zero attached hydrogens (tertiary/aromatic N) is 2. The number of anilines is 1. The van der Waals surface area contributed by atoms with Gasteiger partial charge in [0.2, 0.25) is 0 Å². The summed E-state index contributed by atoms with van der Waals surface area (Å²) in [5.41, 5.74) is 2.91. The summed E-state index contributed by atoms with van der Waals surface area (Å²) >= 11 is 1.88. The lowest BCUT2D eigenvalue weighted by molar-refractivity contribution is 0.210. The highest BCUT2D eigenvalue weighted by Gasteiger charge is 2.28. The summed E-state index contributed by atoms with van der Waals surface area (Å²) in [5, 5.41) is 2.18. The zero-order chi connectivity index (χ0) is 17.1. The zero-order valence-corrected chi connectivity index (χ0v) is 15.9. The van der Waals surface area contributed by atoms with Crippen molar-refractivity contribution in [1.82, 2.24) is 4.90 Å². The first-order valence-corrected chi connectivity index (χ1v) is 10.4. The van der Waals surface area contributed by atoms with Gasteiger partial charge in [-0.15, -0.1) is 11.3 Å². The molecule has 1 saturated heterocycles. The molecule has 1 fully saturated rings. The molecule has 25 heavy (non-hydrogen) atoms. The second-order valence-corrected chi connectivity index (χ2v) is 8.23. The number of ether oxygens (including phenoxy) is 1. The van der Waals surface area contributed by atoms with E-state index in [0.29, 0.717) is 6.04 Å². The van der Waals surface area contributed by atoms with Crippen molar-refractivity contribution in [3.63, 3.8) is 0 Å². The van der Waals surface area contributed by atoms with Crippen LogP contribution in [0.1, 0.15) is 29.7 Å². The minimum atomic E-state index is 0.684. The number of piperidine rings is 1. The number of fused-ring (bicyclic) bond motifs is 1. The minimum absolute atomic E-state index is 0.684. The Labute approximate surface area is 155 Å². The van der Waals surface area contributed by atoms with E-state index < -0.39 is 0 Å². The lowest BCUT2D eigenvalue weighted by Crippen LogP contribution is -2.47. The summed E-state index contributed by atoms with van der Waals surface area (Å²) < 4.78 is 5.47. The molecule has 0 bridgehead atoms. The van der Waals surface area contributed by atoms with Gasteiger partial charge in [-0.05, 0) is 55.2 Å². The predicted octanol–water partition coefficient (Wildman–Crippen LogP) is 4.22. The molecule has 0 amide bonds. The Morgan fingerprint density at radius 3 is 2.80 bits per heavy atom. The monoisotopic (exact) mass is 356 g/mol. The van der Waals surface area contributed by atoms with E-state index in [-0.39, 0.29) is 0 Å². The van der Waals surface area contributed by atoms with E-state index in [0.717, 1.165) is 5.75 Å². The van der Waals surface area contributed by atoms with Gasteiger partial charge in [-0.3, -0.25) is 0 Å². The molecule has 2 aliphatic rings. The molecular weight excluding hydrogens is 328 g/mol. The summed E-state index contributed by atoms with van der Waals surface area (Å²) in [4.78, 5) is 6.82. The Balaban J connectivity index is 1.37. The average Bonchev–Trinajstić information content (AvgIpc) is 3.19. The van der Waals surface area contributed by atoms with Crippen LogP contribution in [-0.4, -0.2) is 44.2 Å². The van der Waals surface area contributed by atoms with Crippen molar-refractivity contribution in [2.45, 2.75) is 38.1 Å². The quantitative estimate of drug-likeness (QED) is 0.798. The predicted molar refractivity (Wildman–Crippen MR) is 106 cm³/mol. The van der Waals surface area contributed by atoms with Crippen molar-refractivity contribution in [3.05, 3.63) is 46.2 Å². The first-order chi connectivity index (χ1) is 12.3. The van der Waals surface area contributed by atoms with Crippen molar-refractivity contribution in [2.75, 3.05) is 38.2 Å². The summed E-state index contributed by atoms with van der Waals surface area (Å²) in [6.07, 6.45) is 6.24. The molecular formula is C21H28N2OS. The van der Waals surface area contributed by atoms with Crippen molar-refractivity contribution in [2.24, 2.45) is 0 Å². The Kier molecular flexibility index (Phi) is 5.28. The van der Waals surface area contributed by atoms with Crippen molar-refractivity contribution in [1.29, 1.82) is 0 Å². The molecule has 0 N–H and O–H groups in total. The molecule has 2 aliphatic heterocycles. The van der Waals surface area contributed by atoms with E-state index in [9.17, 15) is 0 Å². The van der Waals surface area contributed by atoms with Gasteiger partial charge < -0.3 is 14.5 Å². The van der Waals surface area contributed by atoms with E-state index in [2.05, 4.69) is 45.5 Å². The maximum Gasteiger partial charge on any atom is 0.120 e. The molecule has 0 atom stereocenters. The van der Waals surface area contributed by atoms with Crippen LogP contribution in [0.3, 0.4) is 0 Å². The van der Waals surface area contributed by atoms with Crippen LogP contribution in [0, 0.1) is 0 Å².